The van der Waals surface area contributed by atoms with Gasteiger partial charge in [-0.05, 0) is 26.0 Å². The van der Waals surface area contributed by atoms with Crippen LogP contribution < -0.4 is 0 Å². The molecule has 186 valence electrons. The Bertz CT molecular complexity index is 1490. The summed E-state index contributed by atoms with van der Waals surface area (Å²) < 4.78 is 57.8. The SMILES string of the molecule is Cc1ccc(S(=O)(=O)O/N=C(C#N)\C(C#N)=N/OS(=O)(=O)c2ccc(C)c([N+](=O)[O-])c2)cc1[N+](=O)[O-]. The highest BCUT2D eigenvalue weighted by molar-refractivity contribution is 7.87. The van der Waals surface area contributed by atoms with Crippen molar-refractivity contribution in [1.29, 1.82) is 10.5 Å². The van der Waals surface area contributed by atoms with Crippen LogP contribution in [0.4, 0.5) is 11.4 Å². The third-order valence-corrected chi connectivity index (χ3v) is 6.43. The van der Waals surface area contributed by atoms with Gasteiger partial charge in [-0.15, -0.1) is 0 Å². The zero-order chi connectivity index (χ0) is 27.3. The van der Waals surface area contributed by atoms with Gasteiger partial charge in [0.15, 0.2) is 0 Å². The lowest BCUT2D eigenvalue weighted by Gasteiger charge is -2.04. The molecule has 0 aliphatic carbocycles. The molecule has 0 spiro atoms. The molecule has 0 heterocycles. The van der Waals surface area contributed by atoms with Gasteiger partial charge in [0, 0.05) is 23.3 Å². The lowest BCUT2D eigenvalue weighted by Crippen LogP contribution is -2.15. The van der Waals surface area contributed by atoms with Crippen LogP contribution >= 0.6 is 0 Å². The number of nitrogens with zero attached hydrogens (tertiary/aromatic N) is 6. The number of aryl methyl sites for hydroxylation is 2. The summed E-state index contributed by atoms with van der Waals surface area (Å²) in [4.78, 5) is 19.0. The molecule has 0 aliphatic rings. The Kier molecular flexibility index (Phi) is 8.00. The maximum Gasteiger partial charge on any atom is 0.358 e. The van der Waals surface area contributed by atoms with E-state index in [2.05, 4.69) is 18.9 Å². The molecule has 0 amide bonds. The lowest BCUT2D eigenvalue weighted by molar-refractivity contribution is -0.385. The molecule has 0 N–H and O–H groups in total. The minimum absolute atomic E-state index is 0.149. The predicted octanol–water partition coefficient (Wildman–Crippen LogP) is 1.99. The van der Waals surface area contributed by atoms with Gasteiger partial charge in [0.05, 0.1) is 9.85 Å². The predicted molar refractivity (Wildman–Crippen MR) is 118 cm³/mol. The molecule has 0 aliphatic heterocycles. The molecular weight excluding hydrogens is 524 g/mol. The van der Waals surface area contributed by atoms with Gasteiger partial charge in [0.1, 0.15) is 21.9 Å². The van der Waals surface area contributed by atoms with E-state index < -0.39 is 62.7 Å². The molecule has 0 bridgehead atoms. The van der Waals surface area contributed by atoms with E-state index in [1.54, 1.807) is 0 Å². The summed E-state index contributed by atoms with van der Waals surface area (Å²) in [7, 11) is -9.63. The third kappa shape index (κ3) is 6.14. The first-order valence-corrected chi connectivity index (χ1v) is 11.9. The number of hydrogen-bond acceptors (Lipinski definition) is 14. The molecule has 0 radical (unpaired) electrons. The maximum absolute atomic E-state index is 12.3. The molecule has 0 aromatic heterocycles. The fourth-order valence-corrected chi connectivity index (χ4v) is 3.87. The molecule has 2 aromatic rings. The number of nitro benzene ring substituents is 2. The lowest BCUT2D eigenvalue weighted by atomic mass is 10.2. The molecule has 0 atom stereocenters. The Balaban J connectivity index is 2.36. The van der Waals surface area contributed by atoms with Crippen LogP contribution in [-0.2, 0) is 28.8 Å². The molecule has 0 saturated carbocycles. The molecule has 2 aromatic carbocycles. The quantitative estimate of drug-likeness (QED) is 0.253. The Labute approximate surface area is 202 Å². The molecular formula is C18H12N6O10S2. The zero-order valence-corrected chi connectivity index (χ0v) is 19.7. The monoisotopic (exact) mass is 536 g/mol. The van der Waals surface area contributed by atoms with Crippen LogP contribution in [0.15, 0.2) is 56.5 Å². The smallest absolute Gasteiger partial charge is 0.263 e. The van der Waals surface area contributed by atoms with Crippen LogP contribution in [0, 0.1) is 56.7 Å². The van der Waals surface area contributed by atoms with Gasteiger partial charge in [-0.25, -0.2) is 0 Å². The summed E-state index contributed by atoms with van der Waals surface area (Å²) in [6.07, 6.45) is 0. The summed E-state index contributed by atoms with van der Waals surface area (Å²) in [6, 6.07) is 8.07. The second-order valence-electron chi connectivity index (χ2n) is 6.57. The number of rotatable bonds is 9. The third-order valence-electron chi connectivity index (χ3n) is 4.22. The number of oxime groups is 2. The Morgan fingerprint density at radius 1 is 0.778 bits per heavy atom. The van der Waals surface area contributed by atoms with E-state index in [4.69, 9.17) is 10.5 Å². The van der Waals surface area contributed by atoms with Crippen molar-refractivity contribution in [3.05, 3.63) is 67.8 Å². The van der Waals surface area contributed by atoms with E-state index in [1.807, 2.05) is 0 Å². The summed E-state index contributed by atoms with van der Waals surface area (Å²) in [5.74, 6) is 0. The van der Waals surface area contributed by atoms with Gasteiger partial charge in [0.2, 0.25) is 11.4 Å². The zero-order valence-electron chi connectivity index (χ0n) is 18.0. The second kappa shape index (κ2) is 10.5. The first kappa shape index (κ1) is 27.3. The van der Waals surface area contributed by atoms with Crippen molar-refractivity contribution in [1.82, 2.24) is 0 Å². The number of nitriles is 2. The van der Waals surface area contributed by atoms with Crippen molar-refractivity contribution in [3.63, 3.8) is 0 Å². The number of hydrogen-bond donors (Lipinski definition) is 0. The topological polar surface area (TPSA) is 245 Å². The summed E-state index contributed by atoms with van der Waals surface area (Å²) >= 11 is 0. The van der Waals surface area contributed by atoms with Crippen LogP contribution in [0.2, 0.25) is 0 Å². The number of benzene rings is 2. The molecule has 0 saturated heterocycles. The average molecular weight is 536 g/mol. The Morgan fingerprint density at radius 2 is 1.11 bits per heavy atom. The van der Waals surface area contributed by atoms with Crippen LogP contribution in [0.25, 0.3) is 0 Å². The van der Waals surface area contributed by atoms with Gasteiger partial charge >= 0.3 is 20.2 Å². The average Bonchev–Trinajstić information content (AvgIpc) is 2.81. The van der Waals surface area contributed by atoms with Gasteiger partial charge in [-0.2, -0.15) is 27.4 Å². The summed E-state index contributed by atoms with van der Waals surface area (Å²) in [6.45, 7) is 2.72. The summed E-state index contributed by atoms with van der Waals surface area (Å²) in [5, 5.41) is 46.3. The van der Waals surface area contributed by atoms with Crippen LogP contribution in [0.3, 0.4) is 0 Å². The Morgan fingerprint density at radius 3 is 1.39 bits per heavy atom. The standard InChI is InChI=1S/C18H12N6O10S2/c1-11-3-5-13(7-17(11)23(25)26)35(29,30)33-21-15(9-19)16(10-20)22-34-36(31,32)14-6-4-12(2)18(8-14)24(27)28/h3-8H,1-2H3/b21-15-,22-16-. The molecule has 0 fully saturated rings. The van der Waals surface area contributed by atoms with Gasteiger partial charge in [-0.3, -0.25) is 28.8 Å². The normalized spacial score (nSPS) is 12.2. The first-order chi connectivity index (χ1) is 16.7. The fraction of sp³-hybridized carbons (Fsp3) is 0.111. The highest BCUT2D eigenvalue weighted by atomic mass is 32.2. The molecule has 16 nitrogen and oxygen atoms in total. The summed E-state index contributed by atoms with van der Waals surface area (Å²) in [5.41, 5.74) is -3.05. The van der Waals surface area contributed by atoms with Crippen molar-refractivity contribution in [2.24, 2.45) is 10.3 Å². The largest absolute Gasteiger partial charge is 0.358 e. The molecule has 2 rings (SSSR count). The van der Waals surface area contributed by atoms with E-state index >= 15 is 0 Å². The molecule has 18 heteroatoms. The van der Waals surface area contributed by atoms with Gasteiger partial charge < -0.3 is 0 Å². The minimum Gasteiger partial charge on any atom is -0.263 e. The van der Waals surface area contributed by atoms with Crippen LogP contribution in [0.5, 0.6) is 0 Å². The fourth-order valence-electron chi connectivity index (χ4n) is 2.37. The first-order valence-electron chi connectivity index (χ1n) is 9.07. The highest BCUT2D eigenvalue weighted by Crippen LogP contribution is 2.24. The van der Waals surface area contributed by atoms with Gasteiger partial charge in [0.25, 0.3) is 11.4 Å². The van der Waals surface area contributed by atoms with Crippen molar-refractivity contribution in [2.75, 3.05) is 0 Å². The minimum atomic E-state index is -4.81. The van der Waals surface area contributed by atoms with Gasteiger partial charge in [-0.1, -0.05) is 22.4 Å². The number of nitro groups is 2. The second-order valence-corrected chi connectivity index (χ2v) is 9.63. The van der Waals surface area contributed by atoms with Crippen molar-refractivity contribution in [3.8, 4) is 12.1 Å². The van der Waals surface area contributed by atoms with Crippen LogP contribution in [0.1, 0.15) is 11.1 Å². The van der Waals surface area contributed by atoms with Crippen molar-refractivity contribution < 1.29 is 35.2 Å². The van der Waals surface area contributed by atoms with E-state index in [0.29, 0.717) is 12.1 Å². The van der Waals surface area contributed by atoms with E-state index in [0.717, 1.165) is 24.3 Å². The maximum atomic E-state index is 12.3. The van der Waals surface area contributed by atoms with Crippen molar-refractivity contribution in [2.45, 2.75) is 23.6 Å². The van der Waals surface area contributed by atoms with E-state index in [9.17, 15) is 37.1 Å². The highest BCUT2D eigenvalue weighted by Gasteiger charge is 2.24. The van der Waals surface area contributed by atoms with E-state index in [1.165, 1.54) is 26.0 Å². The molecule has 0 unspecified atom stereocenters. The molecule has 36 heavy (non-hydrogen) atoms. The van der Waals surface area contributed by atoms with E-state index in [-0.39, 0.29) is 11.1 Å². The van der Waals surface area contributed by atoms with Crippen molar-refractivity contribution >= 4 is 43.0 Å². The van der Waals surface area contributed by atoms with Crippen LogP contribution in [-0.4, -0.2) is 38.1 Å². The Hall–Kier alpha value is -4.94.